The number of carbonyl (C=O) groups excluding carboxylic acids is 1. The van der Waals surface area contributed by atoms with Crippen molar-refractivity contribution in [3.63, 3.8) is 0 Å². The molecule has 0 aliphatic carbocycles. The fourth-order valence-electron chi connectivity index (χ4n) is 2.31. The van der Waals surface area contributed by atoms with E-state index in [9.17, 15) is 9.59 Å². The first-order valence-corrected chi connectivity index (χ1v) is 9.96. The average Bonchev–Trinajstić information content (AvgIpc) is 2.91. The number of hydrogen-bond donors (Lipinski definition) is 1. The fourth-order valence-corrected chi connectivity index (χ4v) is 3.68. The van der Waals surface area contributed by atoms with E-state index >= 15 is 0 Å². The fraction of sp³-hybridized carbons (Fsp3) is 0.105. The molecule has 0 saturated heterocycles. The van der Waals surface area contributed by atoms with E-state index in [2.05, 4.69) is 26.5 Å². The van der Waals surface area contributed by atoms with Crippen LogP contribution in [-0.2, 0) is 6.54 Å². The Morgan fingerprint density at radius 3 is 2.56 bits per heavy atom. The van der Waals surface area contributed by atoms with Crippen LogP contribution in [0.1, 0.15) is 26.4 Å². The van der Waals surface area contributed by atoms with E-state index in [-0.39, 0.29) is 10.8 Å². The van der Waals surface area contributed by atoms with Crippen LogP contribution >= 0.6 is 38.9 Å². The van der Waals surface area contributed by atoms with Gasteiger partial charge in [-0.1, -0.05) is 68.7 Å². The van der Waals surface area contributed by atoms with Gasteiger partial charge in [-0.15, -0.1) is 0 Å². The first-order chi connectivity index (χ1) is 12.9. The highest BCUT2D eigenvalue weighted by Gasteiger charge is 2.12. The van der Waals surface area contributed by atoms with E-state index in [1.807, 2.05) is 43.3 Å². The van der Waals surface area contributed by atoms with Crippen LogP contribution in [0.4, 0.5) is 0 Å². The summed E-state index contributed by atoms with van der Waals surface area (Å²) >= 11 is 10.7. The van der Waals surface area contributed by atoms with E-state index in [0.29, 0.717) is 22.1 Å². The third-order valence-electron chi connectivity index (χ3n) is 3.77. The molecule has 8 heteroatoms. The van der Waals surface area contributed by atoms with Crippen molar-refractivity contribution >= 4 is 51.0 Å². The number of amides is 1. The van der Waals surface area contributed by atoms with Crippen molar-refractivity contribution in [3.8, 4) is 0 Å². The summed E-state index contributed by atoms with van der Waals surface area (Å²) in [6.07, 6.45) is 1.39. The van der Waals surface area contributed by atoms with Crippen molar-refractivity contribution in [2.24, 2.45) is 5.10 Å². The molecule has 1 amide bonds. The van der Waals surface area contributed by atoms with Crippen molar-refractivity contribution in [1.82, 2.24) is 9.99 Å². The lowest BCUT2D eigenvalue weighted by molar-refractivity contribution is 0.0955. The molecule has 0 unspecified atom stereocenters. The summed E-state index contributed by atoms with van der Waals surface area (Å²) in [5.41, 5.74) is 4.97. The van der Waals surface area contributed by atoms with Gasteiger partial charge in [0.15, 0.2) is 0 Å². The van der Waals surface area contributed by atoms with Crippen LogP contribution in [0, 0.1) is 6.92 Å². The second-order valence-electron chi connectivity index (χ2n) is 5.80. The number of carbonyl (C=O) groups is 1. The Balaban J connectivity index is 1.71. The predicted molar refractivity (Wildman–Crippen MR) is 113 cm³/mol. The zero-order chi connectivity index (χ0) is 19.4. The molecule has 0 radical (unpaired) electrons. The topological polar surface area (TPSA) is 63.5 Å². The van der Waals surface area contributed by atoms with Crippen LogP contribution in [0.5, 0.6) is 0 Å². The van der Waals surface area contributed by atoms with Gasteiger partial charge in [0.25, 0.3) is 5.91 Å². The summed E-state index contributed by atoms with van der Waals surface area (Å²) in [5, 5.41) is 4.21. The van der Waals surface area contributed by atoms with Crippen LogP contribution in [0.2, 0.25) is 5.15 Å². The number of nitrogens with one attached hydrogen (secondary N) is 1. The van der Waals surface area contributed by atoms with Gasteiger partial charge >= 0.3 is 4.87 Å². The number of benzene rings is 2. The van der Waals surface area contributed by atoms with E-state index < -0.39 is 0 Å². The maximum Gasteiger partial charge on any atom is 0.309 e. The van der Waals surface area contributed by atoms with Crippen molar-refractivity contribution in [3.05, 3.63) is 89.4 Å². The van der Waals surface area contributed by atoms with Crippen molar-refractivity contribution < 1.29 is 4.79 Å². The summed E-state index contributed by atoms with van der Waals surface area (Å²) in [7, 11) is 0. The van der Waals surface area contributed by atoms with Gasteiger partial charge in [-0.05, 0) is 36.8 Å². The lowest BCUT2D eigenvalue weighted by atomic mass is 10.1. The van der Waals surface area contributed by atoms with Gasteiger partial charge in [-0.25, -0.2) is 5.43 Å². The van der Waals surface area contributed by atoms with Gasteiger partial charge in [0, 0.05) is 10.0 Å². The summed E-state index contributed by atoms with van der Waals surface area (Å²) in [4.78, 5) is 24.6. The minimum atomic E-state index is -0.330. The molecule has 1 aromatic heterocycles. The number of halogens is 2. The van der Waals surface area contributed by atoms with Gasteiger partial charge < -0.3 is 0 Å². The zero-order valence-electron chi connectivity index (χ0n) is 14.3. The van der Waals surface area contributed by atoms with E-state index in [4.69, 9.17) is 11.6 Å². The first kappa shape index (κ1) is 19.5. The maximum atomic E-state index is 12.2. The minimum Gasteiger partial charge on any atom is -0.284 e. The van der Waals surface area contributed by atoms with Gasteiger partial charge in [-0.2, -0.15) is 5.10 Å². The zero-order valence-corrected chi connectivity index (χ0v) is 17.4. The molecule has 0 fully saturated rings. The Bertz CT molecular complexity index is 1040. The molecule has 3 aromatic rings. The van der Waals surface area contributed by atoms with Crippen LogP contribution < -0.4 is 10.3 Å². The van der Waals surface area contributed by atoms with Gasteiger partial charge in [0.1, 0.15) is 5.15 Å². The van der Waals surface area contributed by atoms with Gasteiger partial charge in [-0.3, -0.25) is 14.2 Å². The van der Waals surface area contributed by atoms with Gasteiger partial charge in [0.05, 0.1) is 17.6 Å². The molecule has 2 aromatic carbocycles. The molecule has 1 N–H and O–H groups in total. The van der Waals surface area contributed by atoms with E-state index in [1.54, 1.807) is 12.1 Å². The highest BCUT2D eigenvalue weighted by atomic mass is 79.9. The minimum absolute atomic E-state index is 0.186. The summed E-state index contributed by atoms with van der Waals surface area (Å²) < 4.78 is 2.44. The number of nitrogens with zero attached hydrogens (tertiary/aromatic N) is 2. The van der Waals surface area contributed by atoms with Crippen LogP contribution in [-0.4, -0.2) is 16.7 Å². The molecule has 138 valence electrons. The molecule has 0 spiro atoms. The second-order valence-corrected chi connectivity index (χ2v) is 8.07. The molecule has 0 saturated carbocycles. The van der Waals surface area contributed by atoms with Crippen molar-refractivity contribution in [2.75, 3.05) is 0 Å². The molecule has 1 heterocycles. The number of rotatable bonds is 5. The highest BCUT2D eigenvalue weighted by Crippen LogP contribution is 2.19. The summed E-state index contributed by atoms with van der Waals surface area (Å²) in [5.74, 6) is -0.330. The van der Waals surface area contributed by atoms with Crippen molar-refractivity contribution in [1.29, 1.82) is 0 Å². The number of hydrogen-bond acceptors (Lipinski definition) is 4. The SMILES string of the molecule is Cc1ccc(C(=O)N/N=C/c2sc(=O)n(Cc3ccc(Br)cc3)c2Cl)cc1. The molecule has 0 bridgehead atoms. The Morgan fingerprint density at radius 2 is 1.89 bits per heavy atom. The monoisotopic (exact) mass is 463 g/mol. The molecule has 27 heavy (non-hydrogen) atoms. The molecule has 3 rings (SSSR count). The maximum absolute atomic E-state index is 12.2. The molecule has 0 atom stereocenters. The van der Waals surface area contributed by atoms with Crippen LogP contribution in [0.15, 0.2) is 62.9 Å². The standard InChI is InChI=1S/C19H15BrClN3O2S/c1-12-2-6-14(7-3-12)18(25)23-22-10-16-17(21)24(19(26)27-16)11-13-4-8-15(20)9-5-13/h2-10H,11H2,1H3,(H,23,25)/b22-10+. The predicted octanol–water partition coefficient (Wildman–Crippen LogP) is 4.45. The van der Waals surface area contributed by atoms with Crippen LogP contribution in [0.3, 0.4) is 0 Å². The largest absolute Gasteiger partial charge is 0.309 e. The van der Waals surface area contributed by atoms with E-state index in [1.165, 1.54) is 10.8 Å². The normalized spacial score (nSPS) is 11.1. The highest BCUT2D eigenvalue weighted by molar-refractivity contribution is 9.10. The summed E-state index contributed by atoms with van der Waals surface area (Å²) in [6, 6.07) is 14.8. The van der Waals surface area contributed by atoms with Crippen molar-refractivity contribution in [2.45, 2.75) is 13.5 Å². The first-order valence-electron chi connectivity index (χ1n) is 7.97. The number of aryl methyl sites for hydroxylation is 1. The number of aromatic nitrogens is 1. The molecule has 5 nitrogen and oxygen atoms in total. The summed E-state index contributed by atoms with van der Waals surface area (Å²) in [6.45, 7) is 2.31. The third kappa shape index (κ3) is 4.94. The van der Waals surface area contributed by atoms with E-state index in [0.717, 1.165) is 26.9 Å². The molecular formula is C19H15BrClN3O2S. The lowest BCUT2D eigenvalue weighted by Gasteiger charge is -2.04. The Kier molecular flexibility index (Phi) is 6.26. The van der Waals surface area contributed by atoms with Gasteiger partial charge in [0.2, 0.25) is 0 Å². The number of hydrazone groups is 1. The Labute approximate surface area is 173 Å². The molecular weight excluding hydrogens is 450 g/mol. The lowest BCUT2D eigenvalue weighted by Crippen LogP contribution is -2.17. The number of thiazole rings is 1. The molecule has 0 aliphatic heterocycles. The second kappa shape index (κ2) is 8.65. The Morgan fingerprint density at radius 1 is 1.22 bits per heavy atom. The average molecular weight is 465 g/mol. The van der Waals surface area contributed by atoms with Crippen LogP contribution in [0.25, 0.3) is 0 Å². The third-order valence-corrected chi connectivity index (χ3v) is 5.74. The quantitative estimate of drug-likeness (QED) is 0.448. The molecule has 0 aliphatic rings. The Hall–Kier alpha value is -2.22. The smallest absolute Gasteiger partial charge is 0.284 e.